The molecule has 7 heteroatoms. The standard InChI is InChI=1S/C21H40N6.HI/c1-7-22-21(23-14-16(2)15-27-11-9-8-10-12-27)24-17(3)13-20-18(4)25-26(6)19(20)5;/h16-17H,7-15H2,1-6H3,(H2,22,23,24);1H. The number of aliphatic imine (C=N–C) groups is 1. The zero-order valence-electron chi connectivity index (χ0n) is 18.7. The molecular weight excluding hydrogens is 463 g/mol. The molecule has 0 bridgehead atoms. The molecule has 2 N–H and O–H groups in total. The molecule has 0 spiro atoms. The molecule has 1 aromatic rings. The number of aromatic nitrogens is 2. The number of hydrogen-bond acceptors (Lipinski definition) is 3. The second-order valence-corrected chi connectivity index (χ2v) is 8.21. The molecule has 28 heavy (non-hydrogen) atoms. The molecule has 0 aliphatic carbocycles. The van der Waals surface area contributed by atoms with E-state index in [-0.39, 0.29) is 24.0 Å². The number of nitrogens with zero attached hydrogens (tertiary/aromatic N) is 4. The van der Waals surface area contributed by atoms with Crippen molar-refractivity contribution in [3.8, 4) is 0 Å². The predicted octanol–water partition coefficient (Wildman–Crippen LogP) is 3.26. The van der Waals surface area contributed by atoms with Gasteiger partial charge in [0, 0.05) is 38.4 Å². The lowest BCUT2D eigenvalue weighted by molar-refractivity contribution is 0.203. The zero-order chi connectivity index (χ0) is 19.8. The Morgan fingerprint density at radius 1 is 1.18 bits per heavy atom. The fourth-order valence-corrected chi connectivity index (χ4v) is 3.91. The molecule has 2 rings (SSSR count). The Kier molecular flexibility index (Phi) is 11.4. The molecule has 0 radical (unpaired) electrons. The van der Waals surface area contributed by atoms with Gasteiger partial charge in [0.2, 0.25) is 0 Å². The molecule has 1 fully saturated rings. The molecule has 1 aliphatic heterocycles. The highest BCUT2D eigenvalue weighted by molar-refractivity contribution is 14.0. The minimum absolute atomic E-state index is 0. The maximum absolute atomic E-state index is 4.86. The van der Waals surface area contributed by atoms with Crippen molar-refractivity contribution in [1.29, 1.82) is 0 Å². The fraction of sp³-hybridized carbons (Fsp3) is 0.810. The third-order valence-corrected chi connectivity index (χ3v) is 5.48. The van der Waals surface area contributed by atoms with Gasteiger partial charge in [-0.2, -0.15) is 5.10 Å². The summed E-state index contributed by atoms with van der Waals surface area (Å²) in [7, 11) is 2.01. The molecule has 1 aliphatic rings. The lowest BCUT2D eigenvalue weighted by atomic mass is 10.1. The lowest BCUT2D eigenvalue weighted by Crippen LogP contribution is -2.43. The van der Waals surface area contributed by atoms with Crippen molar-refractivity contribution in [3.63, 3.8) is 0 Å². The number of nitrogens with one attached hydrogen (secondary N) is 2. The molecule has 2 unspecified atom stereocenters. The molecule has 162 valence electrons. The van der Waals surface area contributed by atoms with Gasteiger partial charge in [-0.25, -0.2) is 0 Å². The van der Waals surface area contributed by atoms with Crippen molar-refractivity contribution in [1.82, 2.24) is 25.3 Å². The highest BCUT2D eigenvalue weighted by Crippen LogP contribution is 2.14. The van der Waals surface area contributed by atoms with Gasteiger partial charge in [-0.15, -0.1) is 24.0 Å². The Bertz CT molecular complexity index is 606. The summed E-state index contributed by atoms with van der Waals surface area (Å²) in [6.45, 7) is 16.3. The highest BCUT2D eigenvalue weighted by Gasteiger charge is 2.15. The molecule has 2 heterocycles. The first-order valence-electron chi connectivity index (χ1n) is 10.7. The number of halogens is 1. The highest BCUT2D eigenvalue weighted by atomic mass is 127. The summed E-state index contributed by atoms with van der Waals surface area (Å²) >= 11 is 0. The van der Waals surface area contributed by atoms with Gasteiger partial charge in [-0.3, -0.25) is 9.67 Å². The van der Waals surface area contributed by atoms with Crippen molar-refractivity contribution in [3.05, 3.63) is 17.0 Å². The van der Waals surface area contributed by atoms with Gasteiger partial charge < -0.3 is 15.5 Å². The van der Waals surface area contributed by atoms with E-state index < -0.39 is 0 Å². The molecule has 0 saturated carbocycles. The van der Waals surface area contributed by atoms with Gasteiger partial charge in [-0.05, 0) is 71.5 Å². The van der Waals surface area contributed by atoms with Crippen LogP contribution in [0.15, 0.2) is 4.99 Å². The number of guanidine groups is 1. The van der Waals surface area contributed by atoms with Crippen molar-refractivity contribution >= 4 is 29.9 Å². The van der Waals surface area contributed by atoms with Gasteiger partial charge in [0.25, 0.3) is 0 Å². The Hall–Kier alpha value is -0.830. The summed E-state index contributed by atoms with van der Waals surface area (Å²) < 4.78 is 1.97. The van der Waals surface area contributed by atoms with E-state index in [1.165, 1.54) is 43.6 Å². The summed E-state index contributed by atoms with van der Waals surface area (Å²) in [5.41, 5.74) is 3.71. The van der Waals surface area contributed by atoms with Crippen LogP contribution in [0.5, 0.6) is 0 Å². The molecular formula is C21H41IN6. The molecule has 1 aromatic heterocycles. The SMILES string of the molecule is CCNC(=NCC(C)CN1CCCCC1)NC(C)Cc1c(C)nn(C)c1C.I. The molecule has 0 amide bonds. The molecule has 1 saturated heterocycles. The first-order chi connectivity index (χ1) is 12.9. The average molecular weight is 505 g/mol. The Morgan fingerprint density at radius 2 is 1.86 bits per heavy atom. The van der Waals surface area contributed by atoms with Crippen LogP contribution < -0.4 is 10.6 Å². The molecule has 2 atom stereocenters. The van der Waals surface area contributed by atoms with Crippen LogP contribution in [-0.2, 0) is 13.5 Å². The van der Waals surface area contributed by atoms with E-state index in [1.54, 1.807) is 0 Å². The van der Waals surface area contributed by atoms with Crippen LogP contribution in [0.25, 0.3) is 0 Å². The summed E-state index contributed by atoms with van der Waals surface area (Å²) in [5.74, 6) is 1.51. The third kappa shape index (κ3) is 7.89. The van der Waals surface area contributed by atoms with Crippen LogP contribution in [0.3, 0.4) is 0 Å². The second kappa shape index (κ2) is 12.7. The number of hydrogen-bond donors (Lipinski definition) is 2. The monoisotopic (exact) mass is 504 g/mol. The van der Waals surface area contributed by atoms with E-state index in [0.717, 1.165) is 37.7 Å². The minimum atomic E-state index is 0. The smallest absolute Gasteiger partial charge is 0.191 e. The van der Waals surface area contributed by atoms with Crippen LogP contribution in [0.1, 0.15) is 57.0 Å². The van der Waals surface area contributed by atoms with E-state index in [1.807, 2.05) is 11.7 Å². The average Bonchev–Trinajstić information content (AvgIpc) is 2.87. The minimum Gasteiger partial charge on any atom is -0.357 e. The van der Waals surface area contributed by atoms with Crippen LogP contribution in [0.2, 0.25) is 0 Å². The van der Waals surface area contributed by atoms with Crippen LogP contribution in [0, 0.1) is 19.8 Å². The Balaban J connectivity index is 0.00000392. The second-order valence-electron chi connectivity index (χ2n) is 8.21. The summed E-state index contributed by atoms with van der Waals surface area (Å²) in [4.78, 5) is 7.46. The van der Waals surface area contributed by atoms with E-state index in [2.05, 4.69) is 55.3 Å². The molecule has 6 nitrogen and oxygen atoms in total. The quantitative estimate of drug-likeness (QED) is 0.324. The van der Waals surface area contributed by atoms with Crippen LogP contribution in [0.4, 0.5) is 0 Å². The van der Waals surface area contributed by atoms with E-state index >= 15 is 0 Å². The first-order valence-corrected chi connectivity index (χ1v) is 10.7. The van der Waals surface area contributed by atoms with Crippen molar-refractivity contribution in [2.75, 3.05) is 32.7 Å². The van der Waals surface area contributed by atoms with E-state index in [0.29, 0.717) is 12.0 Å². The largest absolute Gasteiger partial charge is 0.357 e. The maximum Gasteiger partial charge on any atom is 0.191 e. The fourth-order valence-electron chi connectivity index (χ4n) is 3.91. The first kappa shape index (κ1) is 25.2. The number of likely N-dealkylation sites (tertiary alicyclic amines) is 1. The topological polar surface area (TPSA) is 57.5 Å². The van der Waals surface area contributed by atoms with Crippen LogP contribution >= 0.6 is 24.0 Å². The van der Waals surface area contributed by atoms with Gasteiger partial charge in [0.1, 0.15) is 0 Å². The number of aryl methyl sites for hydroxylation is 2. The summed E-state index contributed by atoms with van der Waals surface area (Å²) in [5, 5.41) is 11.5. The maximum atomic E-state index is 4.86. The van der Waals surface area contributed by atoms with Gasteiger partial charge in [0.05, 0.1) is 5.69 Å². The van der Waals surface area contributed by atoms with Gasteiger partial charge in [-0.1, -0.05) is 13.3 Å². The van der Waals surface area contributed by atoms with E-state index in [4.69, 9.17) is 4.99 Å². The normalized spacial score (nSPS) is 17.7. The number of piperidine rings is 1. The van der Waals surface area contributed by atoms with Crippen LogP contribution in [-0.4, -0.2) is 59.4 Å². The van der Waals surface area contributed by atoms with Gasteiger partial charge >= 0.3 is 0 Å². The van der Waals surface area contributed by atoms with Crippen molar-refractivity contribution < 1.29 is 0 Å². The lowest BCUT2D eigenvalue weighted by Gasteiger charge is -2.28. The Morgan fingerprint density at radius 3 is 2.43 bits per heavy atom. The van der Waals surface area contributed by atoms with Crippen molar-refractivity contribution in [2.24, 2.45) is 18.0 Å². The van der Waals surface area contributed by atoms with Gasteiger partial charge in [0.15, 0.2) is 5.96 Å². The predicted molar refractivity (Wildman–Crippen MR) is 130 cm³/mol. The number of rotatable bonds is 8. The van der Waals surface area contributed by atoms with Crippen molar-refractivity contribution in [2.45, 2.75) is 66.3 Å². The Labute approximate surface area is 189 Å². The molecule has 0 aromatic carbocycles. The summed E-state index contributed by atoms with van der Waals surface area (Å²) in [6.07, 6.45) is 5.06. The van der Waals surface area contributed by atoms with E-state index in [9.17, 15) is 0 Å². The third-order valence-electron chi connectivity index (χ3n) is 5.48. The summed E-state index contributed by atoms with van der Waals surface area (Å²) in [6, 6.07) is 0.307. The zero-order valence-corrected chi connectivity index (χ0v) is 21.0.